The molecule has 0 radical (unpaired) electrons. The first kappa shape index (κ1) is 15.6. The molecule has 1 aromatic heterocycles. The first-order valence-corrected chi connectivity index (χ1v) is 7.67. The number of nitrogens with zero attached hydrogens (tertiary/aromatic N) is 2. The Morgan fingerprint density at radius 2 is 1.88 bits per heavy atom. The van der Waals surface area contributed by atoms with Crippen LogP contribution in [-0.4, -0.2) is 28.2 Å². The van der Waals surface area contributed by atoms with E-state index in [1.165, 1.54) is 29.7 Å². The number of carboxylic acid groups (broad SMARTS) is 1. The van der Waals surface area contributed by atoms with E-state index in [0.717, 1.165) is 10.2 Å². The minimum Gasteiger partial charge on any atom is -0.478 e. The topological polar surface area (TPSA) is 118 Å². The summed E-state index contributed by atoms with van der Waals surface area (Å²) in [6, 6.07) is 11.2. The summed E-state index contributed by atoms with van der Waals surface area (Å²) in [6.45, 7) is 0. The molecule has 0 unspecified atom stereocenters. The zero-order chi connectivity index (χ0) is 17.1. The third-order valence-corrected chi connectivity index (χ3v) is 4.05. The molecule has 24 heavy (non-hydrogen) atoms. The molecule has 0 saturated heterocycles. The minimum absolute atomic E-state index is 0.188. The lowest BCUT2D eigenvalue weighted by molar-refractivity contribution is 0.0696. The number of nitrogens with two attached hydrogens (primary N) is 1. The van der Waals surface area contributed by atoms with Crippen LogP contribution in [0.15, 0.2) is 47.6 Å². The molecule has 8 heteroatoms. The fraction of sp³-hybridized carbons (Fsp3) is 0. The Labute approximate surface area is 140 Å². The van der Waals surface area contributed by atoms with E-state index < -0.39 is 5.97 Å². The number of amides is 1. The van der Waals surface area contributed by atoms with Crippen LogP contribution in [0.2, 0.25) is 0 Å². The van der Waals surface area contributed by atoms with Crippen LogP contribution >= 0.6 is 11.3 Å². The summed E-state index contributed by atoms with van der Waals surface area (Å²) in [5, 5.41) is 13.1. The number of anilines is 1. The van der Waals surface area contributed by atoms with E-state index in [1.807, 2.05) is 0 Å². The molecular formula is C16H12N4O3S. The Balaban J connectivity index is 1.68. The third-order valence-electron chi connectivity index (χ3n) is 3.20. The number of aromatic nitrogens is 1. The molecule has 0 fully saturated rings. The quantitative estimate of drug-likeness (QED) is 0.498. The molecule has 120 valence electrons. The fourth-order valence-corrected chi connectivity index (χ4v) is 2.80. The number of thiazole rings is 1. The van der Waals surface area contributed by atoms with E-state index in [-0.39, 0.29) is 11.5 Å². The highest BCUT2D eigenvalue weighted by atomic mass is 32.1. The molecule has 0 spiro atoms. The lowest BCUT2D eigenvalue weighted by Gasteiger charge is -2.00. The number of hydrazone groups is 1. The van der Waals surface area contributed by atoms with E-state index in [0.29, 0.717) is 16.3 Å². The number of rotatable bonds is 4. The number of nitrogen functional groups attached to an aromatic ring is 1. The highest BCUT2D eigenvalue weighted by molar-refractivity contribution is 7.22. The first-order valence-electron chi connectivity index (χ1n) is 6.86. The lowest BCUT2D eigenvalue weighted by atomic mass is 10.1. The van der Waals surface area contributed by atoms with Crippen LogP contribution in [0.4, 0.5) is 5.13 Å². The summed E-state index contributed by atoms with van der Waals surface area (Å²) in [6.07, 6.45) is 1.44. The molecule has 3 aromatic rings. The van der Waals surface area contributed by atoms with Gasteiger partial charge in [-0.2, -0.15) is 5.10 Å². The Kier molecular flexibility index (Phi) is 4.21. The van der Waals surface area contributed by atoms with E-state index >= 15 is 0 Å². The smallest absolute Gasteiger partial charge is 0.335 e. The zero-order valence-corrected chi connectivity index (χ0v) is 13.1. The van der Waals surface area contributed by atoms with Crippen molar-refractivity contribution in [1.82, 2.24) is 10.4 Å². The number of aromatic carboxylic acids is 1. The van der Waals surface area contributed by atoms with Crippen LogP contribution in [0.5, 0.6) is 0 Å². The van der Waals surface area contributed by atoms with Gasteiger partial charge in [-0.05, 0) is 35.9 Å². The van der Waals surface area contributed by atoms with Crippen molar-refractivity contribution >= 4 is 44.8 Å². The maximum Gasteiger partial charge on any atom is 0.335 e. The van der Waals surface area contributed by atoms with Gasteiger partial charge in [0.15, 0.2) is 5.13 Å². The number of hydrogen-bond donors (Lipinski definition) is 3. The van der Waals surface area contributed by atoms with Gasteiger partial charge in [-0.15, -0.1) is 0 Å². The maximum absolute atomic E-state index is 12.1. The number of hydrogen-bond acceptors (Lipinski definition) is 6. The molecule has 2 aromatic carbocycles. The Morgan fingerprint density at radius 1 is 1.17 bits per heavy atom. The largest absolute Gasteiger partial charge is 0.478 e. The molecule has 0 saturated carbocycles. The van der Waals surface area contributed by atoms with Crippen LogP contribution < -0.4 is 11.2 Å². The van der Waals surface area contributed by atoms with Gasteiger partial charge >= 0.3 is 5.97 Å². The number of benzene rings is 2. The SMILES string of the molecule is Nc1nc2ccc(C(=O)N/N=C\c3ccc(C(=O)O)cc3)cc2s1. The van der Waals surface area contributed by atoms with Gasteiger partial charge in [-0.3, -0.25) is 4.79 Å². The predicted octanol–water partition coefficient (Wildman–Crippen LogP) is 2.34. The summed E-state index contributed by atoms with van der Waals surface area (Å²) >= 11 is 1.31. The average Bonchev–Trinajstić information content (AvgIpc) is 2.94. The second-order valence-electron chi connectivity index (χ2n) is 4.86. The van der Waals surface area contributed by atoms with Crippen molar-refractivity contribution in [2.75, 3.05) is 5.73 Å². The summed E-state index contributed by atoms with van der Waals surface area (Å²) < 4.78 is 0.827. The number of carbonyl (C=O) groups excluding carboxylic acids is 1. The van der Waals surface area contributed by atoms with Crippen LogP contribution in [-0.2, 0) is 0 Å². The van der Waals surface area contributed by atoms with Crippen molar-refractivity contribution in [2.24, 2.45) is 5.10 Å². The van der Waals surface area contributed by atoms with Gasteiger partial charge in [-0.25, -0.2) is 15.2 Å². The van der Waals surface area contributed by atoms with E-state index in [4.69, 9.17) is 10.8 Å². The fourth-order valence-electron chi connectivity index (χ4n) is 2.03. The number of carboxylic acids is 1. The second kappa shape index (κ2) is 6.47. The predicted molar refractivity (Wildman–Crippen MR) is 92.5 cm³/mol. The van der Waals surface area contributed by atoms with Gasteiger partial charge in [0, 0.05) is 5.56 Å². The van der Waals surface area contributed by atoms with Crippen LogP contribution in [0, 0.1) is 0 Å². The van der Waals surface area contributed by atoms with Crippen LogP contribution in [0.1, 0.15) is 26.3 Å². The normalized spacial score (nSPS) is 11.0. The maximum atomic E-state index is 12.1. The third kappa shape index (κ3) is 3.39. The van der Waals surface area contributed by atoms with E-state index in [1.54, 1.807) is 30.3 Å². The summed E-state index contributed by atoms with van der Waals surface area (Å²) in [5.41, 5.74) is 10.1. The van der Waals surface area contributed by atoms with Crippen molar-refractivity contribution in [1.29, 1.82) is 0 Å². The summed E-state index contributed by atoms with van der Waals surface area (Å²) in [5.74, 6) is -1.35. The van der Waals surface area contributed by atoms with E-state index in [2.05, 4.69) is 15.5 Å². The van der Waals surface area contributed by atoms with Crippen molar-refractivity contribution in [3.8, 4) is 0 Å². The molecule has 7 nitrogen and oxygen atoms in total. The van der Waals surface area contributed by atoms with Gasteiger partial charge in [0.2, 0.25) is 0 Å². The number of fused-ring (bicyclic) bond motifs is 1. The summed E-state index contributed by atoms with van der Waals surface area (Å²) in [7, 11) is 0. The molecule has 4 N–H and O–H groups in total. The van der Waals surface area contributed by atoms with Gasteiger partial charge in [0.1, 0.15) is 0 Å². The second-order valence-corrected chi connectivity index (χ2v) is 5.92. The average molecular weight is 340 g/mol. The zero-order valence-electron chi connectivity index (χ0n) is 12.3. The molecule has 0 aliphatic rings. The molecule has 1 amide bonds. The van der Waals surface area contributed by atoms with Gasteiger partial charge in [0.25, 0.3) is 5.91 Å². The Hall–Kier alpha value is -3.26. The molecular weight excluding hydrogens is 328 g/mol. The summed E-state index contributed by atoms with van der Waals surface area (Å²) in [4.78, 5) is 27.0. The van der Waals surface area contributed by atoms with Crippen molar-refractivity contribution in [3.05, 3.63) is 59.2 Å². The molecule has 0 bridgehead atoms. The first-order chi connectivity index (χ1) is 11.5. The molecule has 0 atom stereocenters. The van der Waals surface area contributed by atoms with Gasteiger partial charge in [-0.1, -0.05) is 23.5 Å². The van der Waals surface area contributed by atoms with Crippen LogP contribution in [0.25, 0.3) is 10.2 Å². The highest BCUT2D eigenvalue weighted by Gasteiger charge is 2.08. The van der Waals surface area contributed by atoms with E-state index in [9.17, 15) is 9.59 Å². The number of carbonyl (C=O) groups is 2. The highest BCUT2D eigenvalue weighted by Crippen LogP contribution is 2.24. The number of nitrogens with one attached hydrogen (secondary N) is 1. The lowest BCUT2D eigenvalue weighted by Crippen LogP contribution is -2.17. The van der Waals surface area contributed by atoms with Crippen molar-refractivity contribution < 1.29 is 14.7 Å². The molecule has 3 rings (SSSR count). The van der Waals surface area contributed by atoms with Crippen molar-refractivity contribution in [2.45, 2.75) is 0 Å². The standard InChI is InChI=1S/C16H12N4O3S/c17-16-19-12-6-5-11(7-13(12)24-16)14(21)20-18-8-9-1-3-10(4-2-9)15(22)23/h1-8H,(H2,17,19)(H,20,21)(H,22,23)/b18-8-. The Bertz CT molecular complexity index is 948. The van der Waals surface area contributed by atoms with Crippen LogP contribution in [0.3, 0.4) is 0 Å². The Morgan fingerprint density at radius 3 is 2.58 bits per heavy atom. The van der Waals surface area contributed by atoms with Gasteiger partial charge in [0.05, 0.1) is 22.0 Å². The molecule has 0 aliphatic carbocycles. The van der Waals surface area contributed by atoms with Gasteiger partial charge < -0.3 is 10.8 Å². The molecule has 1 heterocycles. The minimum atomic E-state index is -0.995. The van der Waals surface area contributed by atoms with Crippen molar-refractivity contribution in [3.63, 3.8) is 0 Å². The molecule has 0 aliphatic heterocycles. The monoisotopic (exact) mass is 340 g/mol.